The van der Waals surface area contributed by atoms with Crippen LogP contribution in [0.15, 0.2) is 66.1 Å². The number of carbonyl (C=O) groups excluding carboxylic acids is 2. The molecule has 2 aromatic carbocycles. The van der Waals surface area contributed by atoms with Crippen LogP contribution in [0.2, 0.25) is 0 Å². The number of aliphatic hydroxyl groups is 1. The predicted molar refractivity (Wildman–Crippen MR) is 97.9 cm³/mol. The molecule has 1 amide bonds. The molecule has 0 saturated carbocycles. The molecule has 2 aliphatic heterocycles. The molecule has 27 heavy (non-hydrogen) atoms. The van der Waals surface area contributed by atoms with Crippen LogP contribution < -0.4 is 5.32 Å². The van der Waals surface area contributed by atoms with Crippen LogP contribution in [0.3, 0.4) is 0 Å². The number of fused-ring (bicyclic) bond motifs is 1. The Kier molecular flexibility index (Phi) is 3.91. The molecule has 4 rings (SSSR count). The molecule has 0 radical (unpaired) electrons. The van der Waals surface area contributed by atoms with Gasteiger partial charge in [0, 0.05) is 25.5 Å². The number of benzene rings is 2. The van der Waals surface area contributed by atoms with Crippen molar-refractivity contribution in [2.45, 2.75) is 31.5 Å². The molecule has 0 fully saturated rings. The molecule has 2 unspecified atom stereocenters. The van der Waals surface area contributed by atoms with Crippen LogP contribution in [0.4, 0.5) is 5.69 Å². The number of nitrogens with one attached hydrogen (secondary N) is 1. The summed E-state index contributed by atoms with van der Waals surface area (Å²) >= 11 is 0. The molecule has 0 aromatic heterocycles. The summed E-state index contributed by atoms with van der Waals surface area (Å²) in [5, 5.41) is 13.4. The summed E-state index contributed by atoms with van der Waals surface area (Å²) < 4.78 is 10.7. The van der Waals surface area contributed by atoms with Gasteiger partial charge < -0.3 is 19.9 Å². The zero-order valence-corrected chi connectivity index (χ0v) is 14.9. The summed E-state index contributed by atoms with van der Waals surface area (Å²) in [5.74, 6) is -4.18. The third-order valence-corrected chi connectivity index (χ3v) is 4.77. The van der Waals surface area contributed by atoms with Crippen molar-refractivity contribution >= 4 is 17.6 Å². The Morgan fingerprint density at radius 2 is 1.67 bits per heavy atom. The minimum atomic E-state index is -1.28. The summed E-state index contributed by atoms with van der Waals surface area (Å²) in [6.07, 6.45) is 0. The standard InChI is InChI=1S/C21H19NO5/c1-21(2)26-19(24)17(20(25)27-21)15(12-8-4-3-5-9-12)16-13-10-6-7-11-14(13)22-18(16)23/h3-11,15-16,24H,1-2H3,(H,22,23). The number of para-hydroxylation sites is 1. The van der Waals surface area contributed by atoms with Crippen molar-refractivity contribution in [2.75, 3.05) is 5.32 Å². The maximum Gasteiger partial charge on any atom is 0.345 e. The number of aliphatic hydroxyl groups excluding tert-OH is 1. The van der Waals surface area contributed by atoms with Gasteiger partial charge in [0.15, 0.2) is 0 Å². The van der Waals surface area contributed by atoms with Gasteiger partial charge in [-0.1, -0.05) is 48.5 Å². The maximum atomic E-state index is 12.8. The van der Waals surface area contributed by atoms with E-state index >= 15 is 0 Å². The average Bonchev–Trinajstić information content (AvgIpc) is 2.93. The summed E-state index contributed by atoms with van der Waals surface area (Å²) in [7, 11) is 0. The largest absolute Gasteiger partial charge is 0.480 e. The van der Waals surface area contributed by atoms with Gasteiger partial charge in [0.2, 0.25) is 5.91 Å². The normalized spacial score (nSPS) is 21.8. The van der Waals surface area contributed by atoms with Gasteiger partial charge in [-0.2, -0.15) is 0 Å². The van der Waals surface area contributed by atoms with E-state index in [9.17, 15) is 14.7 Å². The number of rotatable bonds is 3. The summed E-state index contributed by atoms with van der Waals surface area (Å²) in [6.45, 7) is 3.07. The molecule has 2 atom stereocenters. The molecule has 2 aliphatic rings. The van der Waals surface area contributed by atoms with Crippen LogP contribution in [0.25, 0.3) is 0 Å². The SMILES string of the molecule is CC1(C)OC(=O)C(C(c2ccccc2)C2C(=O)Nc3ccccc32)=C(O)O1. The molecule has 0 aliphatic carbocycles. The van der Waals surface area contributed by atoms with E-state index in [4.69, 9.17) is 9.47 Å². The number of anilines is 1. The Labute approximate surface area is 156 Å². The van der Waals surface area contributed by atoms with Gasteiger partial charge in [0.25, 0.3) is 11.7 Å². The van der Waals surface area contributed by atoms with Crippen LogP contribution in [0.5, 0.6) is 0 Å². The lowest BCUT2D eigenvalue weighted by atomic mass is 9.77. The second-order valence-electron chi connectivity index (χ2n) is 7.05. The van der Waals surface area contributed by atoms with E-state index in [0.29, 0.717) is 11.3 Å². The molecule has 6 heteroatoms. The first-order chi connectivity index (χ1) is 12.9. The fourth-order valence-electron chi connectivity index (χ4n) is 3.68. The van der Waals surface area contributed by atoms with Crippen LogP contribution in [0.1, 0.15) is 36.8 Å². The molecular weight excluding hydrogens is 346 g/mol. The van der Waals surface area contributed by atoms with Crippen LogP contribution >= 0.6 is 0 Å². The first kappa shape index (κ1) is 17.1. The quantitative estimate of drug-likeness (QED) is 0.812. The van der Waals surface area contributed by atoms with Gasteiger partial charge in [-0.05, 0) is 17.2 Å². The Morgan fingerprint density at radius 3 is 2.37 bits per heavy atom. The second kappa shape index (κ2) is 6.16. The number of carbonyl (C=O) groups is 2. The Hall–Kier alpha value is -3.28. The topological polar surface area (TPSA) is 84.9 Å². The van der Waals surface area contributed by atoms with Crippen molar-refractivity contribution in [2.24, 2.45) is 0 Å². The maximum absolute atomic E-state index is 12.8. The van der Waals surface area contributed by atoms with E-state index in [1.807, 2.05) is 54.6 Å². The lowest BCUT2D eigenvalue weighted by Crippen LogP contribution is -2.39. The van der Waals surface area contributed by atoms with Crippen molar-refractivity contribution in [1.82, 2.24) is 0 Å². The Morgan fingerprint density at radius 1 is 1.00 bits per heavy atom. The molecule has 2 aromatic rings. The van der Waals surface area contributed by atoms with Gasteiger partial charge in [-0.25, -0.2) is 4.79 Å². The molecule has 0 bridgehead atoms. The van der Waals surface area contributed by atoms with E-state index < -0.39 is 29.5 Å². The first-order valence-electron chi connectivity index (χ1n) is 8.67. The molecule has 2 N–H and O–H groups in total. The van der Waals surface area contributed by atoms with E-state index in [1.165, 1.54) is 13.8 Å². The number of amides is 1. The fourth-order valence-corrected chi connectivity index (χ4v) is 3.68. The van der Waals surface area contributed by atoms with Gasteiger partial charge >= 0.3 is 5.97 Å². The Bertz CT molecular complexity index is 948. The zero-order valence-electron chi connectivity index (χ0n) is 14.9. The Balaban J connectivity index is 1.90. The minimum absolute atomic E-state index is 0.0580. The average molecular weight is 365 g/mol. The number of hydrogen-bond acceptors (Lipinski definition) is 5. The predicted octanol–water partition coefficient (Wildman–Crippen LogP) is 3.59. The zero-order chi connectivity index (χ0) is 19.2. The number of hydrogen-bond donors (Lipinski definition) is 2. The first-order valence-corrected chi connectivity index (χ1v) is 8.67. The third kappa shape index (κ3) is 2.93. The van der Waals surface area contributed by atoms with Crippen molar-refractivity contribution in [3.63, 3.8) is 0 Å². The monoisotopic (exact) mass is 365 g/mol. The molecular formula is C21H19NO5. The summed E-state index contributed by atoms with van der Waals surface area (Å²) in [6, 6.07) is 16.4. The van der Waals surface area contributed by atoms with Crippen molar-refractivity contribution < 1.29 is 24.2 Å². The number of esters is 1. The van der Waals surface area contributed by atoms with Crippen LogP contribution in [-0.4, -0.2) is 22.8 Å². The van der Waals surface area contributed by atoms with Crippen LogP contribution in [-0.2, 0) is 19.1 Å². The molecule has 138 valence electrons. The van der Waals surface area contributed by atoms with E-state index in [0.717, 1.165) is 5.56 Å². The highest BCUT2D eigenvalue weighted by Crippen LogP contribution is 2.47. The fraction of sp³-hybridized carbons (Fsp3) is 0.238. The highest BCUT2D eigenvalue weighted by Gasteiger charge is 2.47. The van der Waals surface area contributed by atoms with Gasteiger partial charge in [-0.15, -0.1) is 0 Å². The van der Waals surface area contributed by atoms with Gasteiger partial charge in [0.05, 0.1) is 5.92 Å². The van der Waals surface area contributed by atoms with E-state index in [1.54, 1.807) is 0 Å². The lowest BCUT2D eigenvalue weighted by Gasteiger charge is -2.34. The lowest BCUT2D eigenvalue weighted by molar-refractivity contribution is -0.222. The van der Waals surface area contributed by atoms with E-state index in [2.05, 4.69) is 5.32 Å². The molecule has 6 nitrogen and oxygen atoms in total. The van der Waals surface area contributed by atoms with Crippen LogP contribution in [0, 0.1) is 0 Å². The minimum Gasteiger partial charge on any atom is -0.480 e. The molecule has 0 spiro atoms. The van der Waals surface area contributed by atoms with Crippen molar-refractivity contribution in [1.29, 1.82) is 0 Å². The van der Waals surface area contributed by atoms with E-state index in [-0.39, 0.29) is 11.5 Å². The smallest absolute Gasteiger partial charge is 0.345 e. The van der Waals surface area contributed by atoms with Gasteiger partial charge in [-0.3, -0.25) is 4.79 Å². The molecule has 0 saturated heterocycles. The summed E-state index contributed by atoms with van der Waals surface area (Å²) in [5.41, 5.74) is 2.10. The second-order valence-corrected chi connectivity index (χ2v) is 7.05. The van der Waals surface area contributed by atoms with Crippen molar-refractivity contribution in [3.8, 4) is 0 Å². The number of ether oxygens (including phenoxy) is 2. The number of cyclic esters (lactones) is 1. The van der Waals surface area contributed by atoms with Crippen molar-refractivity contribution in [3.05, 3.63) is 77.2 Å². The van der Waals surface area contributed by atoms with Gasteiger partial charge in [0.1, 0.15) is 5.57 Å². The summed E-state index contributed by atoms with van der Waals surface area (Å²) in [4.78, 5) is 25.6. The molecule has 2 heterocycles. The highest BCUT2D eigenvalue weighted by molar-refractivity contribution is 6.05. The third-order valence-electron chi connectivity index (χ3n) is 4.77. The highest BCUT2D eigenvalue weighted by atomic mass is 16.8.